The second-order valence-electron chi connectivity index (χ2n) is 4.17. The van der Waals surface area contributed by atoms with E-state index in [0.29, 0.717) is 5.69 Å². The summed E-state index contributed by atoms with van der Waals surface area (Å²) in [6.45, 7) is 0. The number of nitrogens with zero attached hydrogens (tertiary/aromatic N) is 2. The van der Waals surface area contributed by atoms with Crippen molar-refractivity contribution in [2.45, 2.75) is 0 Å². The van der Waals surface area contributed by atoms with Crippen LogP contribution in [0, 0.1) is 0 Å². The number of benzene rings is 2. The van der Waals surface area contributed by atoms with E-state index < -0.39 is 0 Å². The van der Waals surface area contributed by atoms with E-state index in [4.69, 9.17) is 0 Å². The topological polar surface area (TPSA) is 45.5 Å². The molecule has 0 saturated heterocycles. The molecule has 2 aromatic carbocycles. The number of hydrogen-bond acceptors (Lipinski definition) is 3. The monoisotopic (exact) mass is 248 g/mol. The van der Waals surface area contributed by atoms with Crippen molar-refractivity contribution in [3.05, 3.63) is 66.5 Å². The largest absolute Gasteiger partial charge is 0.505 e. The van der Waals surface area contributed by atoms with E-state index in [9.17, 15) is 5.11 Å². The molecule has 0 spiro atoms. The highest BCUT2D eigenvalue weighted by Gasteiger charge is 2.04. The third-order valence-corrected chi connectivity index (χ3v) is 2.90. The van der Waals surface area contributed by atoms with Crippen molar-refractivity contribution < 1.29 is 5.11 Å². The Morgan fingerprint density at radius 3 is 2.63 bits per heavy atom. The Kier molecular flexibility index (Phi) is 2.94. The number of aromatic nitrogens is 1. The Morgan fingerprint density at radius 1 is 0.947 bits per heavy atom. The van der Waals surface area contributed by atoms with Gasteiger partial charge in [-0.15, -0.1) is 0 Å². The molecular weight excluding hydrogens is 236 g/mol. The van der Waals surface area contributed by atoms with Crippen LogP contribution < -0.4 is 0 Å². The third-order valence-electron chi connectivity index (χ3n) is 2.90. The summed E-state index contributed by atoms with van der Waals surface area (Å²) >= 11 is 0. The number of aromatic hydroxyl groups is 1. The van der Waals surface area contributed by atoms with Gasteiger partial charge in [-0.25, -0.2) is 0 Å². The van der Waals surface area contributed by atoms with Crippen LogP contribution in [0.25, 0.3) is 10.8 Å². The summed E-state index contributed by atoms with van der Waals surface area (Å²) in [4.78, 5) is 8.44. The predicted molar refractivity (Wildman–Crippen MR) is 77.1 cm³/mol. The van der Waals surface area contributed by atoms with Crippen LogP contribution >= 0.6 is 0 Å². The molecule has 3 rings (SSSR count). The molecule has 3 aromatic rings. The molecule has 3 nitrogen and oxygen atoms in total. The average Bonchev–Trinajstić information content (AvgIpc) is 2.48. The minimum absolute atomic E-state index is 0.199. The second kappa shape index (κ2) is 4.90. The van der Waals surface area contributed by atoms with Crippen molar-refractivity contribution in [1.82, 2.24) is 4.98 Å². The molecule has 0 unspecified atom stereocenters. The molecule has 0 bridgehead atoms. The first-order valence-corrected chi connectivity index (χ1v) is 6.00. The molecule has 0 amide bonds. The average molecular weight is 248 g/mol. The molecule has 19 heavy (non-hydrogen) atoms. The van der Waals surface area contributed by atoms with Gasteiger partial charge in [0.2, 0.25) is 0 Å². The van der Waals surface area contributed by atoms with Crippen molar-refractivity contribution in [2.75, 3.05) is 0 Å². The molecule has 0 aliphatic carbocycles. The minimum Gasteiger partial charge on any atom is -0.505 e. The van der Waals surface area contributed by atoms with Crippen LogP contribution in [0.5, 0.6) is 5.75 Å². The van der Waals surface area contributed by atoms with E-state index in [0.717, 1.165) is 16.5 Å². The number of hydrogen-bond donors (Lipinski definition) is 1. The molecule has 1 aromatic heterocycles. The van der Waals surface area contributed by atoms with E-state index in [-0.39, 0.29) is 5.75 Å². The van der Waals surface area contributed by atoms with Crippen LogP contribution in [0.2, 0.25) is 0 Å². The maximum absolute atomic E-state index is 10.2. The molecule has 0 atom stereocenters. The molecule has 0 saturated carbocycles. The number of pyridine rings is 1. The van der Waals surface area contributed by atoms with Gasteiger partial charge in [-0.3, -0.25) is 9.98 Å². The Labute approximate surface area is 110 Å². The van der Waals surface area contributed by atoms with Gasteiger partial charge in [-0.1, -0.05) is 36.4 Å². The molecule has 92 valence electrons. The molecule has 0 fully saturated rings. The summed E-state index contributed by atoms with van der Waals surface area (Å²) in [5, 5.41) is 12.0. The first-order valence-electron chi connectivity index (χ1n) is 6.00. The van der Waals surface area contributed by atoms with Crippen molar-refractivity contribution in [3.8, 4) is 5.75 Å². The Morgan fingerprint density at radius 2 is 1.79 bits per heavy atom. The highest BCUT2D eigenvalue weighted by atomic mass is 16.3. The van der Waals surface area contributed by atoms with Crippen molar-refractivity contribution in [2.24, 2.45) is 4.99 Å². The van der Waals surface area contributed by atoms with E-state index in [1.165, 1.54) is 0 Å². The van der Waals surface area contributed by atoms with Crippen molar-refractivity contribution in [1.29, 1.82) is 0 Å². The maximum Gasteiger partial charge on any atom is 0.148 e. The lowest BCUT2D eigenvalue weighted by atomic mass is 10.1. The highest BCUT2D eigenvalue weighted by molar-refractivity contribution is 5.93. The van der Waals surface area contributed by atoms with Crippen LogP contribution in [-0.4, -0.2) is 16.3 Å². The lowest BCUT2D eigenvalue weighted by molar-refractivity contribution is 0.483. The number of phenolic OH excluding ortho intramolecular Hbond substituents is 1. The van der Waals surface area contributed by atoms with E-state index in [2.05, 4.69) is 9.98 Å². The van der Waals surface area contributed by atoms with Gasteiger partial charge >= 0.3 is 0 Å². The smallest absolute Gasteiger partial charge is 0.148 e. The summed E-state index contributed by atoms with van der Waals surface area (Å²) in [6.07, 6.45) is 3.35. The first kappa shape index (κ1) is 11.4. The zero-order valence-electron chi connectivity index (χ0n) is 10.2. The number of fused-ring (bicyclic) bond motifs is 1. The van der Waals surface area contributed by atoms with E-state index >= 15 is 0 Å². The number of rotatable bonds is 2. The van der Waals surface area contributed by atoms with Crippen molar-refractivity contribution in [3.63, 3.8) is 0 Å². The highest BCUT2D eigenvalue weighted by Crippen LogP contribution is 2.34. The van der Waals surface area contributed by atoms with Gasteiger partial charge in [0.1, 0.15) is 11.4 Å². The molecule has 0 aliphatic heterocycles. The molecule has 3 heteroatoms. The molecule has 0 aliphatic rings. The fourth-order valence-corrected chi connectivity index (χ4v) is 1.94. The van der Waals surface area contributed by atoms with Crippen LogP contribution in [-0.2, 0) is 0 Å². The second-order valence-corrected chi connectivity index (χ2v) is 4.17. The third kappa shape index (κ3) is 2.31. The Bertz CT molecular complexity index is 736. The quantitative estimate of drug-likeness (QED) is 0.703. The van der Waals surface area contributed by atoms with Gasteiger partial charge in [-0.05, 0) is 23.6 Å². The summed E-state index contributed by atoms with van der Waals surface area (Å²) in [5.41, 5.74) is 1.31. The summed E-state index contributed by atoms with van der Waals surface area (Å²) in [5.74, 6) is 0.199. The summed E-state index contributed by atoms with van der Waals surface area (Å²) < 4.78 is 0. The van der Waals surface area contributed by atoms with Gasteiger partial charge in [0.15, 0.2) is 0 Å². The fraction of sp³-hybridized carbons (Fsp3) is 0. The lowest BCUT2D eigenvalue weighted by Crippen LogP contribution is -1.84. The molecule has 1 N–H and O–H groups in total. The number of phenols is 1. The maximum atomic E-state index is 10.2. The van der Waals surface area contributed by atoms with Gasteiger partial charge < -0.3 is 5.11 Å². The first-order chi connectivity index (χ1) is 9.34. The van der Waals surface area contributed by atoms with Crippen LogP contribution in [0.1, 0.15) is 5.69 Å². The zero-order chi connectivity index (χ0) is 13.1. The van der Waals surface area contributed by atoms with Gasteiger partial charge in [0.05, 0.1) is 11.9 Å². The number of aliphatic imine (C=N–C) groups is 1. The molecular formula is C16H12N2O. The van der Waals surface area contributed by atoms with Crippen LogP contribution in [0.3, 0.4) is 0 Å². The Balaban J connectivity index is 2.02. The fourth-order valence-electron chi connectivity index (χ4n) is 1.94. The van der Waals surface area contributed by atoms with Crippen LogP contribution in [0.4, 0.5) is 5.69 Å². The normalized spacial score (nSPS) is 11.2. The van der Waals surface area contributed by atoms with Gasteiger partial charge in [0.25, 0.3) is 0 Å². The molecule has 1 heterocycles. The van der Waals surface area contributed by atoms with Crippen LogP contribution in [0.15, 0.2) is 65.8 Å². The van der Waals surface area contributed by atoms with Crippen molar-refractivity contribution >= 4 is 22.7 Å². The SMILES string of the molecule is Oc1c(N=Cc2ccccn2)ccc2ccccc12. The molecule has 0 radical (unpaired) electrons. The van der Waals surface area contributed by atoms with E-state index in [1.54, 1.807) is 18.5 Å². The summed E-state index contributed by atoms with van der Waals surface area (Å²) in [6, 6.07) is 17.0. The minimum atomic E-state index is 0.199. The zero-order valence-corrected chi connectivity index (χ0v) is 10.2. The van der Waals surface area contributed by atoms with Gasteiger partial charge in [-0.2, -0.15) is 0 Å². The predicted octanol–water partition coefficient (Wildman–Crippen LogP) is 3.69. The summed E-state index contributed by atoms with van der Waals surface area (Å²) in [7, 11) is 0. The van der Waals surface area contributed by atoms with Gasteiger partial charge in [0, 0.05) is 11.6 Å². The Hall–Kier alpha value is -2.68. The standard InChI is InChI=1S/C16H12N2O/c19-16-14-7-2-1-5-12(14)8-9-15(16)18-11-13-6-3-4-10-17-13/h1-11,19H. The lowest BCUT2D eigenvalue weighted by Gasteiger charge is -2.03. The van der Waals surface area contributed by atoms with E-state index in [1.807, 2.05) is 48.5 Å².